The molecule has 240 valence electrons. The Morgan fingerprint density at radius 3 is 1.98 bits per heavy atom. The van der Waals surface area contributed by atoms with Crippen LogP contribution in [0.4, 0.5) is 8.78 Å². The number of rotatable bonds is 8. The number of halogens is 2. The number of benzene rings is 4. The Hall–Kier alpha value is -5.90. The number of hydrogen-bond acceptors (Lipinski definition) is 5. The smallest absolute Gasteiger partial charge is 0.387 e. The largest absolute Gasteiger partial charge is 0.435 e. The minimum Gasteiger partial charge on any atom is -0.435 e. The van der Waals surface area contributed by atoms with E-state index in [1.165, 1.54) is 12.1 Å². The first-order valence-corrected chi connectivity index (χ1v) is 15.5. The second-order valence-corrected chi connectivity index (χ2v) is 12.5. The monoisotopic (exact) mass is 642 g/mol. The lowest BCUT2D eigenvalue weighted by Gasteiger charge is -2.38. The van der Waals surface area contributed by atoms with Gasteiger partial charge < -0.3 is 14.6 Å². The molecule has 3 aromatic heterocycles. The van der Waals surface area contributed by atoms with Gasteiger partial charge in [-0.25, -0.2) is 9.97 Å². The van der Waals surface area contributed by atoms with Gasteiger partial charge in [-0.15, -0.1) is 0 Å². The molecule has 7 rings (SSSR count). The van der Waals surface area contributed by atoms with Crippen LogP contribution in [0.1, 0.15) is 47.8 Å². The lowest BCUT2D eigenvalue weighted by Crippen LogP contribution is -2.40. The van der Waals surface area contributed by atoms with Crippen molar-refractivity contribution in [1.29, 1.82) is 0 Å². The Morgan fingerprint density at radius 2 is 1.44 bits per heavy atom. The number of fused-ring (bicyclic) bond motifs is 2. The number of hydrogen-bond donors (Lipinski definition) is 2. The summed E-state index contributed by atoms with van der Waals surface area (Å²) in [4.78, 5) is 24.1. The second kappa shape index (κ2) is 12.0. The third-order valence-electron chi connectivity index (χ3n) is 8.17. The zero-order valence-electron chi connectivity index (χ0n) is 26.5. The molecule has 48 heavy (non-hydrogen) atoms. The van der Waals surface area contributed by atoms with E-state index in [4.69, 9.17) is 9.97 Å². The van der Waals surface area contributed by atoms with Gasteiger partial charge >= 0.3 is 6.61 Å². The summed E-state index contributed by atoms with van der Waals surface area (Å²) in [5.41, 5.74) is 3.87. The summed E-state index contributed by atoms with van der Waals surface area (Å²) in [5.74, 6) is -0.329. The molecule has 8 nitrogen and oxygen atoms in total. The zero-order chi connectivity index (χ0) is 33.5. The summed E-state index contributed by atoms with van der Waals surface area (Å²) in [5, 5.41) is 11.0. The van der Waals surface area contributed by atoms with Gasteiger partial charge in [0.15, 0.2) is 5.65 Å². The number of H-pyrrole nitrogens is 1. The van der Waals surface area contributed by atoms with Crippen LogP contribution < -0.4 is 10.1 Å². The first-order chi connectivity index (χ1) is 23.1. The molecule has 10 heteroatoms. The average Bonchev–Trinajstić information content (AvgIpc) is 3.67. The molecule has 1 amide bonds. The van der Waals surface area contributed by atoms with Gasteiger partial charge in [0.2, 0.25) is 0 Å². The van der Waals surface area contributed by atoms with Gasteiger partial charge in [-0.3, -0.25) is 9.89 Å². The average molecular weight is 643 g/mol. The highest BCUT2D eigenvalue weighted by Gasteiger charge is 2.41. The van der Waals surface area contributed by atoms with E-state index in [1.54, 1.807) is 12.3 Å². The number of carbonyl (C=O) groups is 1. The first-order valence-electron chi connectivity index (χ1n) is 15.5. The summed E-state index contributed by atoms with van der Waals surface area (Å²) in [6, 6.07) is 34.8. The van der Waals surface area contributed by atoms with Crippen molar-refractivity contribution >= 4 is 28.0 Å². The van der Waals surface area contributed by atoms with Gasteiger partial charge in [0.05, 0.1) is 17.3 Å². The maximum atomic E-state index is 14.1. The fourth-order valence-corrected chi connectivity index (χ4v) is 6.25. The molecule has 0 atom stereocenters. The third kappa shape index (κ3) is 5.45. The van der Waals surface area contributed by atoms with E-state index in [0.717, 1.165) is 16.7 Å². The van der Waals surface area contributed by atoms with Crippen molar-refractivity contribution in [2.24, 2.45) is 0 Å². The van der Waals surface area contributed by atoms with Crippen molar-refractivity contribution in [1.82, 2.24) is 30.0 Å². The maximum absolute atomic E-state index is 14.1. The van der Waals surface area contributed by atoms with E-state index in [2.05, 4.69) is 56.6 Å². The van der Waals surface area contributed by atoms with Crippen LogP contribution >= 0.6 is 0 Å². The third-order valence-corrected chi connectivity index (χ3v) is 8.17. The molecule has 0 saturated carbocycles. The molecule has 0 aliphatic carbocycles. The summed E-state index contributed by atoms with van der Waals surface area (Å²) in [7, 11) is 0. The van der Waals surface area contributed by atoms with Crippen molar-refractivity contribution in [3.05, 3.63) is 144 Å². The summed E-state index contributed by atoms with van der Waals surface area (Å²) >= 11 is 0. The number of alkyl halides is 2. The molecule has 0 bridgehead atoms. The van der Waals surface area contributed by atoms with Crippen LogP contribution in [0.25, 0.3) is 33.5 Å². The van der Waals surface area contributed by atoms with Crippen LogP contribution in [-0.4, -0.2) is 42.8 Å². The van der Waals surface area contributed by atoms with Crippen molar-refractivity contribution in [2.75, 3.05) is 0 Å². The van der Waals surface area contributed by atoms with Crippen LogP contribution in [0, 0.1) is 0 Å². The van der Waals surface area contributed by atoms with E-state index in [-0.39, 0.29) is 11.7 Å². The van der Waals surface area contributed by atoms with Gasteiger partial charge in [-0.1, -0.05) is 91.0 Å². The Bertz CT molecular complexity index is 2130. The quantitative estimate of drug-likeness (QED) is 0.164. The molecule has 0 fully saturated rings. The topological polar surface area (TPSA) is 97.7 Å². The maximum Gasteiger partial charge on any atom is 0.387 e. The molecule has 3 heterocycles. The highest BCUT2D eigenvalue weighted by molar-refractivity contribution is 6.06. The molecule has 0 aliphatic rings. The number of amides is 1. The van der Waals surface area contributed by atoms with Gasteiger partial charge in [-0.05, 0) is 55.7 Å². The van der Waals surface area contributed by atoms with Gasteiger partial charge in [0.25, 0.3) is 5.91 Å². The number of aromatic amines is 1. The molecule has 0 radical (unpaired) electrons. The highest BCUT2D eigenvalue weighted by Crippen LogP contribution is 2.43. The van der Waals surface area contributed by atoms with Crippen LogP contribution in [-0.2, 0) is 5.54 Å². The lowest BCUT2D eigenvalue weighted by molar-refractivity contribution is -0.0497. The summed E-state index contributed by atoms with van der Waals surface area (Å²) in [6.07, 6.45) is 3.41. The first kappa shape index (κ1) is 30.7. The Balaban J connectivity index is 1.54. The van der Waals surface area contributed by atoms with Crippen molar-refractivity contribution in [3.8, 4) is 17.1 Å². The van der Waals surface area contributed by atoms with Gasteiger partial charge in [0, 0.05) is 17.1 Å². The minimum absolute atomic E-state index is 0.0102. The molecule has 0 aliphatic heterocycles. The van der Waals surface area contributed by atoms with Crippen LogP contribution in [0.3, 0.4) is 0 Å². The Labute approximate surface area is 275 Å². The molecule has 0 spiro atoms. The number of ether oxygens (including phenoxy) is 1. The molecule has 0 unspecified atom stereocenters. The molecule has 2 N–H and O–H groups in total. The number of aromatic nitrogens is 5. The Morgan fingerprint density at radius 1 is 0.854 bits per heavy atom. The van der Waals surface area contributed by atoms with Crippen molar-refractivity contribution in [3.63, 3.8) is 0 Å². The number of nitrogens with one attached hydrogen (secondary N) is 2. The molecular weight excluding hydrogens is 610 g/mol. The standard InChI is InChI=1S/C38H32F2N6O2/c1-37(2,3)43-35(47)29-23-46(38(24-13-7-4-8-14-24,25-15-9-5-10-16-25)26-17-11-6-12-18-26)34-33(29)42-31(22-41-34)32-28-21-27(48-36(39)40)19-20-30(28)44-45-32/h4-23,36H,1-3H3,(H,43,47)(H,44,45). The Kier molecular flexibility index (Phi) is 7.71. The zero-order valence-corrected chi connectivity index (χ0v) is 26.5. The predicted molar refractivity (Wildman–Crippen MR) is 181 cm³/mol. The second-order valence-electron chi connectivity index (χ2n) is 12.5. The molecule has 7 aromatic rings. The molecule has 0 saturated heterocycles. The van der Waals surface area contributed by atoms with Gasteiger partial charge in [-0.2, -0.15) is 13.9 Å². The molecular formula is C38H32F2N6O2. The van der Waals surface area contributed by atoms with E-state index >= 15 is 0 Å². The van der Waals surface area contributed by atoms with Crippen LogP contribution in [0.15, 0.2) is 122 Å². The normalized spacial score (nSPS) is 12.1. The summed E-state index contributed by atoms with van der Waals surface area (Å²) in [6.45, 7) is 2.77. The predicted octanol–water partition coefficient (Wildman–Crippen LogP) is 7.94. The van der Waals surface area contributed by atoms with Crippen molar-refractivity contribution < 1.29 is 18.3 Å². The SMILES string of the molecule is CC(C)(C)NC(=O)c1cn(C(c2ccccc2)(c2ccccc2)c2ccccc2)c2ncc(-c3n[nH]c4ccc(OC(F)F)cc34)nc12. The fraction of sp³-hybridized carbons (Fsp3) is 0.158. The molecule has 4 aromatic carbocycles. The van der Waals surface area contributed by atoms with Crippen LogP contribution in [0.2, 0.25) is 0 Å². The fourth-order valence-electron chi connectivity index (χ4n) is 6.25. The highest BCUT2D eigenvalue weighted by atomic mass is 19.3. The van der Waals surface area contributed by atoms with Gasteiger partial charge in [0.1, 0.15) is 28.2 Å². The van der Waals surface area contributed by atoms with E-state index < -0.39 is 17.7 Å². The van der Waals surface area contributed by atoms with E-state index in [9.17, 15) is 13.6 Å². The lowest BCUT2D eigenvalue weighted by atomic mass is 9.76. The van der Waals surface area contributed by atoms with Crippen LogP contribution in [0.5, 0.6) is 5.75 Å². The van der Waals surface area contributed by atoms with Crippen molar-refractivity contribution in [2.45, 2.75) is 38.5 Å². The number of carbonyl (C=O) groups excluding carboxylic acids is 1. The summed E-state index contributed by atoms with van der Waals surface area (Å²) < 4.78 is 32.8. The number of nitrogens with zero attached hydrogens (tertiary/aromatic N) is 4. The van der Waals surface area contributed by atoms with E-state index in [1.807, 2.05) is 86.1 Å². The van der Waals surface area contributed by atoms with E-state index in [0.29, 0.717) is 39.0 Å². The minimum atomic E-state index is -2.98.